The molecule has 0 radical (unpaired) electrons. The van der Waals surface area contributed by atoms with Gasteiger partial charge in [-0.15, -0.1) is 0 Å². The first-order valence-electron chi connectivity index (χ1n) is 17.7. The monoisotopic (exact) mass is 675 g/mol. The maximum atomic E-state index is 14.0. The molecule has 11 heteroatoms. The van der Waals surface area contributed by atoms with Gasteiger partial charge in [0.2, 0.25) is 5.91 Å². The fourth-order valence-corrected chi connectivity index (χ4v) is 8.04. The lowest BCUT2D eigenvalue weighted by Crippen LogP contribution is -2.58. The predicted octanol–water partition coefficient (Wildman–Crippen LogP) is 4.41. The lowest BCUT2D eigenvalue weighted by molar-refractivity contribution is -0.303. The molecule has 1 aromatic carbocycles. The van der Waals surface area contributed by atoms with Crippen molar-refractivity contribution in [2.45, 2.75) is 136 Å². The lowest BCUT2D eigenvalue weighted by atomic mass is 9.77. The number of carbonyl (C=O) groups is 2. The summed E-state index contributed by atoms with van der Waals surface area (Å²) in [5, 5.41) is 29.2. The molecule has 0 aromatic heterocycles. The Balaban J connectivity index is 1.77. The van der Waals surface area contributed by atoms with Crippen LogP contribution in [-0.4, -0.2) is 102 Å². The molecule has 2 bridgehead atoms. The zero-order valence-corrected chi connectivity index (χ0v) is 30.9. The van der Waals surface area contributed by atoms with Gasteiger partial charge in [-0.3, -0.25) is 9.59 Å². The number of carbonyl (C=O) groups excluding carboxylic acids is 2. The van der Waals surface area contributed by atoms with Gasteiger partial charge in [0.15, 0.2) is 12.6 Å². The number of aliphatic hydroxyl groups is 2. The summed E-state index contributed by atoms with van der Waals surface area (Å²) in [5.41, 5.74) is -0.980. The molecule has 2 fully saturated rings. The molecule has 48 heavy (non-hydrogen) atoms. The fourth-order valence-electron chi connectivity index (χ4n) is 8.04. The van der Waals surface area contributed by atoms with Gasteiger partial charge in [0.25, 0.3) is 5.91 Å². The minimum absolute atomic E-state index is 0.0104. The van der Waals surface area contributed by atoms with Crippen LogP contribution in [-0.2, 0) is 23.7 Å². The van der Waals surface area contributed by atoms with E-state index in [-0.39, 0.29) is 35.8 Å². The summed E-state index contributed by atoms with van der Waals surface area (Å²) in [6.07, 6.45) is -2.58. The zero-order chi connectivity index (χ0) is 35.7. The Morgan fingerprint density at radius 3 is 2.29 bits per heavy atom. The third kappa shape index (κ3) is 8.96. The number of anilines is 1. The van der Waals surface area contributed by atoms with Gasteiger partial charge in [-0.25, -0.2) is 0 Å². The Labute approximate surface area is 287 Å². The Morgan fingerprint density at radius 2 is 1.65 bits per heavy atom. The van der Waals surface area contributed by atoms with Crippen LogP contribution in [0.15, 0.2) is 24.3 Å². The fraction of sp³-hybridized carbons (Fsp3) is 0.784. The molecule has 2 saturated heterocycles. The zero-order valence-electron chi connectivity index (χ0n) is 30.9. The van der Waals surface area contributed by atoms with E-state index in [1.165, 1.54) is 0 Å². The van der Waals surface area contributed by atoms with Gasteiger partial charge in [-0.1, -0.05) is 47.6 Å². The van der Waals surface area contributed by atoms with E-state index in [0.29, 0.717) is 30.6 Å². The average molecular weight is 676 g/mol. The highest BCUT2D eigenvalue weighted by atomic mass is 16.7. The first-order chi connectivity index (χ1) is 22.3. The van der Waals surface area contributed by atoms with E-state index in [4.69, 9.17) is 18.9 Å². The van der Waals surface area contributed by atoms with Gasteiger partial charge in [-0.05, 0) is 77.2 Å². The number of hydrogen-bond donors (Lipinski definition) is 4. The number of ether oxygens (including phenoxy) is 4. The number of rotatable bonds is 5. The SMILES string of the molecule is C[C@H]1CNC(=O)c2cccc(c2)NC(=O)[C@H](C)C(O[C@H]2CC(C)(C)[C@@H](O)[C@H](C)O2)[C@H](C)[C@@H](O[C@@H]2O[C@H](C)C[C@H](N(C)C)[C@H]2C)[C@](C)(O)C1. The highest BCUT2D eigenvalue weighted by molar-refractivity contribution is 5.97. The second-order valence-corrected chi connectivity index (χ2v) is 16.1. The van der Waals surface area contributed by atoms with Gasteiger partial charge in [0.1, 0.15) is 0 Å². The van der Waals surface area contributed by atoms with Crippen LogP contribution < -0.4 is 10.6 Å². The van der Waals surface area contributed by atoms with Crippen LogP contribution >= 0.6 is 0 Å². The van der Waals surface area contributed by atoms with Crippen molar-refractivity contribution in [1.82, 2.24) is 10.2 Å². The second-order valence-electron chi connectivity index (χ2n) is 16.1. The van der Waals surface area contributed by atoms with Crippen LogP contribution in [0, 0.1) is 29.1 Å². The number of aliphatic hydroxyl groups excluding tert-OH is 1. The van der Waals surface area contributed by atoms with Crippen LogP contribution in [0.1, 0.15) is 91.9 Å². The summed E-state index contributed by atoms with van der Waals surface area (Å²) in [6, 6.07) is 7.05. The molecule has 4 rings (SSSR count). The molecule has 0 aliphatic carbocycles. The van der Waals surface area contributed by atoms with Crippen molar-refractivity contribution in [1.29, 1.82) is 0 Å². The quantitative estimate of drug-likeness (QED) is 0.358. The summed E-state index contributed by atoms with van der Waals surface area (Å²) in [6.45, 7) is 17.8. The number of hydrogen-bond acceptors (Lipinski definition) is 9. The third-order valence-electron chi connectivity index (χ3n) is 10.8. The second kappa shape index (κ2) is 15.4. The van der Waals surface area contributed by atoms with Crippen LogP contribution in [0.5, 0.6) is 0 Å². The molecule has 3 aliphatic rings. The minimum Gasteiger partial charge on any atom is -0.390 e. The maximum absolute atomic E-state index is 14.0. The van der Waals surface area contributed by atoms with E-state index in [1.807, 2.05) is 41.5 Å². The van der Waals surface area contributed by atoms with Gasteiger partial charge in [-0.2, -0.15) is 0 Å². The molecule has 0 saturated carbocycles. The van der Waals surface area contributed by atoms with Gasteiger partial charge >= 0.3 is 0 Å². The highest BCUT2D eigenvalue weighted by Gasteiger charge is 2.49. The number of nitrogens with zero attached hydrogens (tertiary/aromatic N) is 1. The molecular formula is C37H61N3O8. The van der Waals surface area contributed by atoms with Crippen LogP contribution in [0.4, 0.5) is 5.69 Å². The smallest absolute Gasteiger partial charge is 0.251 e. The lowest BCUT2D eigenvalue weighted by Gasteiger charge is -2.49. The standard InChI is InChI=1S/C37H61N3O8/c1-20-17-37(9,44)32(48-35-22(3)28(40(10)11)15-21(2)45-35)23(4)30(47-29-18-36(7,8)31(41)25(6)46-29)24(5)33(42)39-27-14-12-13-26(16-27)34(43)38-19-20/h12-14,16,20-25,28-32,35,41,44H,15,17-19H2,1-11H3,(H,38,43)(H,39,42)/t20-,21-,22-,23+,24-,25+,28+,29+,30?,31+,32-,35+,37-/m1/s1. The summed E-state index contributed by atoms with van der Waals surface area (Å²) in [5.74, 6) is -1.95. The van der Waals surface area contributed by atoms with Crippen molar-refractivity contribution < 1.29 is 38.7 Å². The molecule has 1 unspecified atom stereocenters. The Morgan fingerprint density at radius 1 is 0.958 bits per heavy atom. The largest absolute Gasteiger partial charge is 0.390 e. The van der Waals surface area contributed by atoms with Gasteiger partial charge in [0.05, 0.1) is 42.0 Å². The van der Waals surface area contributed by atoms with E-state index < -0.39 is 59.8 Å². The van der Waals surface area contributed by atoms with Gasteiger partial charge in [0, 0.05) is 42.1 Å². The molecule has 13 atom stereocenters. The van der Waals surface area contributed by atoms with Gasteiger partial charge < -0.3 is 44.7 Å². The molecule has 2 amide bonds. The Kier molecular flexibility index (Phi) is 12.4. The molecular weight excluding hydrogens is 614 g/mol. The van der Waals surface area contributed by atoms with Crippen molar-refractivity contribution in [3.8, 4) is 0 Å². The van der Waals surface area contributed by atoms with Crippen molar-refractivity contribution in [3.05, 3.63) is 29.8 Å². The molecule has 11 nitrogen and oxygen atoms in total. The van der Waals surface area contributed by atoms with E-state index in [9.17, 15) is 19.8 Å². The van der Waals surface area contributed by atoms with Crippen molar-refractivity contribution in [2.75, 3.05) is 26.0 Å². The van der Waals surface area contributed by atoms with E-state index in [1.54, 1.807) is 38.1 Å². The van der Waals surface area contributed by atoms with Crippen LogP contribution in [0.25, 0.3) is 0 Å². The van der Waals surface area contributed by atoms with E-state index in [0.717, 1.165) is 6.42 Å². The Bertz CT molecular complexity index is 1260. The normalized spacial score (nSPS) is 41.5. The molecule has 0 spiro atoms. The molecule has 272 valence electrons. The summed E-state index contributed by atoms with van der Waals surface area (Å²) in [4.78, 5) is 29.3. The summed E-state index contributed by atoms with van der Waals surface area (Å²) >= 11 is 0. The average Bonchev–Trinajstić information content (AvgIpc) is 2.99. The number of benzene rings is 1. The van der Waals surface area contributed by atoms with E-state index >= 15 is 0 Å². The predicted molar refractivity (Wildman–Crippen MR) is 184 cm³/mol. The molecule has 4 N–H and O–H groups in total. The molecule has 3 aliphatic heterocycles. The van der Waals surface area contributed by atoms with Crippen molar-refractivity contribution in [2.24, 2.45) is 29.1 Å². The van der Waals surface area contributed by atoms with Crippen molar-refractivity contribution >= 4 is 17.5 Å². The van der Waals surface area contributed by atoms with Crippen LogP contribution in [0.3, 0.4) is 0 Å². The molecule has 1 aromatic rings. The number of fused-ring (bicyclic) bond motifs is 2. The highest BCUT2D eigenvalue weighted by Crippen LogP contribution is 2.41. The molecule has 3 heterocycles. The first kappa shape index (κ1) is 38.7. The first-order valence-corrected chi connectivity index (χ1v) is 17.7. The maximum Gasteiger partial charge on any atom is 0.251 e. The number of nitrogens with one attached hydrogen (secondary N) is 2. The topological polar surface area (TPSA) is 139 Å². The minimum atomic E-state index is -1.41. The number of amides is 2. The third-order valence-corrected chi connectivity index (χ3v) is 10.8. The van der Waals surface area contributed by atoms with Crippen molar-refractivity contribution in [3.63, 3.8) is 0 Å². The summed E-state index contributed by atoms with van der Waals surface area (Å²) < 4.78 is 26.3. The Hall–Kier alpha value is -2.12. The summed E-state index contributed by atoms with van der Waals surface area (Å²) in [7, 11) is 4.11. The van der Waals surface area contributed by atoms with Crippen LogP contribution in [0.2, 0.25) is 0 Å². The van der Waals surface area contributed by atoms with E-state index in [2.05, 4.69) is 36.6 Å².